The summed E-state index contributed by atoms with van der Waals surface area (Å²) in [6.07, 6.45) is 4.48. The first-order valence-corrected chi connectivity index (χ1v) is 6.22. The van der Waals surface area contributed by atoms with Gasteiger partial charge >= 0.3 is 5.82 Å². The van der Waals surface area contributed by atoms with Crippen molar-refractivity contribution in [2.45, 2.75) is 25.6 Å². The standard InChI is InChI=1S/C11H13N5O2S/c1-3-15-9(16(17)18)6-14-11(15)10(19)8-5-12-7(2)4-13-8/h4-6,10,19H,3H2,1-2H3. The number of aromatic nitrogens is 4. The summed E-state index contributed by atoms with van der Waals surface area (Å²) in [5, 5.41) is 10.4. The highest BCUT2D eigenvalue weighted by Gasteiger charge is 2.25. The summed E-state index contributed by atoms with van der Waals surface area (Å²) in [4.78, 5) is 22.9. The molecule has 0 aromatic carbocycles. The fraction of sp³-hybridized carbons (Fsp3) is 0.364. The molecular formula is C11H13N5O2S. The molecule has 0 fully saturated rings. The molecule has 2 heterocycles. The first-order chi connectivity index (χ1) is 9.04. The van der Waals surface area contributed by atoms with Crippen LogP contribution in [0.5, 0.6) is 0 Å². The molecule has 2 aromatic heterocycles. The van der Waals surface area contributed by atoms with Gasteiger partial charge in [-0.15, -0.1) is 0 Å². The quantitative estimate of drug-likeness (QED) is 0.525. The molecule has 0 amide bonds. The molecule has 0 aliphatic heterocycles. The van der Waals surface area contributed by atoms with E-state index in [9.17, 15) is 10.1 Å². The first kappa shape index (κ1) is 13.5. The van der Waals surface area contributed by atoms with Gasteiger partial charge in [0.25, 0.3) is 0 Å². The fourth-order valence-corrected chi connectivity index (χ4v) is 2.08. The summed E-state index contributed by atoms with van der Waals surface area (Å²) in [7, 11) is 0. The Balaban J connectivity index is 2.41. The van der Waals surface area contributed by atoms with Gasteiger partial charge in [0.1, 0.15) is 11.4 Å². The van der Waals surface area contributed by atoms with Crippen molar-refractivity contribution in [2.75, 3.05) is 0 Å². The fourth-order valence-electron chi connectivity index (χ4n) is 1.74. The first-order valence-electron chi connectivity index (χ1n) is 5.71. The van der Waals surface area contributed by atoms with Crippen LogP contribution in [0.3, 0.4) is 0 Å². The third-order valence-corrected chi connectivity index (χ3v) is 3.19. The lowest BCUT2D eigenvalue weighted by atomic mass is 10.3. The zero-order valence-corrected chi connectivity index (χ0v) is 11.4. The van der Waals surface area contributed by atoms with Gasteiger partial charge in [0, 0.05) is 6.20 Å². The maximum absolute atomic E-state index is 10.9. The SMILES string of the molecule is CCn1c([N+](=O)[O-])cnc1C(S)c1cnc(C)cn1. The highest BCUT2D eigenvalue weighted by Crippen LogP contribution is 2.28. The van der Waals surface area contributed by atoms with E-state index in [0.717, 1.165) is 5.69 Å². The molecule has 1 atom stereocenters. The van der Waals surface area contributed by atoms with Crippen LogP contribution in [0.2, 0.25) is 0 Å². The number of nitro groups is 1. The molecule has 2 rings (SSSR count). The Morgan fingerprint density at radius 1 is 1.37 bits per heavy atom. The van der Waals surface area contributed by atoms with Crippen molar-refractivity contribution < 1.29 is 4.92 Å². The molecule has 0 saturated heterocycles. The van der Waals surface area contributed by atoms with E-state index in [4.69, 9.17) is 0 Å². The van der Waals surface area contributed by atoms with Gasteiger partial charge < -0.3 is 10.1 Å². The lowest BCUT2D eigenvalue weighted by Crippen LogP contribution is -2.09. The van der Waals surface area contributed by atoms with Crippen LogP contribution in [-0.2, 0) is 6.54 Å². The monoisotopic (exact) mass is 279 g/mol. The number of thiol groups is 1. The smallest absolute Gasteiger partial charge is 0.342 e. The molecule has 19 heavy (non-hydrogen) atoms. The maximum atomic E-state index is 10.9. The second-order valence-electron chi connectivity index (χ2n) is 3.96. The minimum Gasteiger partial charge on any atom is -0.358 e. The van der Waals surface area contributed by atoms with E-state index in [-0.39, 0.29) is 5.82 Å². The largest absolute Gasteiger partial charge is 0.358 e. The molecule has 7 nitrogen and oxygen atoms in total. The highest BCUT2D eigenvalue weighted by atomic mass is 32.1. The third kappa shape index (κ3) is 2.58. The Labute approximate surface area is 115 Å². The van der Waals surface area contributed by atoms with E-state index in [0.29, 0.717) is 18.1 Å². The van der Waals surface area contributed by atoms with Gasteiger partial charge in [0.05, 0.1) is 24.1 Å². The summed E-state index contributed by atoms with van der Waals surface area (Å²) in [5.41, 5.74) is 1.42. The Bertz CT molecular complexity index is 596. The number of hydrogen-bond donors (Lipinski definition) is 1. The molecule has 0 aliphatic carbocycles. The topological polar surface area (TPSA) is 86.7 Å². The zero-order chi connectivity index (χ0) is 14.0. The Morgan fingerprint density at radius 2 is 2.11 bits per heavy atom. The van der Waals surface area contributed by atoms with Gasteiger partial charge in [0.15, 0.2) is 0 Å². The Kier molecular flexibility index (Phi) is 3.79. The van der Waals surface area contributed by atoms with Crippen molar-refractivity contribution in [2.24, 2.45) is 0 Å². The van der Waals surface area contributed by atoms with Crippen molar-refractivity contribution >= 4 is 18.4 Å². The van der Waals surface area contributed by atoms with Crippen molar-refractivity contribution in [3.63, 3.8) is 0 Å². The molecule has 0 bridgehead atoms. The zero-order valence-electron chi connectivity index (χ0n) is 10.5. The van der Waals surface area contributed by atoms with Crippen LogP contribution in [0.4, 0.5) is 5.82 Å². The summed E-state index contributed by atoms with van der Waals surface area (Å²) < 4.78 is 1.51. The molecule has 0 radical (unpaired) electrons. The Hall–Kier alpha value is -1.96. The summed E-state index contributed by atoms with van der Waals surface area (Å²) in [6.45, 7) is 4.10. The van der Waals surface area contributed by atoms with Gasteiger partial charge in [-0.2, -0.15) is 12.6 Å². The molecule has 2 aromatic rings. The number of aryl methyl sites for hydroxylation is 1. The van der Waals surface area contributed by atoms with E-state index in [1.165, 1.54) is 10.8 Å². The average Bonchev–Trinajstić information content (AvgIpc) is 2.82. The summed E-state index contributed by atoms with van der Waals surface area (Å²) in [5.74, 6) is 0.451. The lowest BCUT2D eigenvalue weighted by molar-refractivity contribution is -0.392. The minimum atomic E-state index is -0.457. The highest BCUT2D eigenvalue weighted by molar-refractivity contribution is 7.80. The Morgan fingerprint density at radius 3 is 2.63 bits per heavy atom. The van der Waals surface area contributed by atoms with E-state index >= 15 is 0 Å². The summed E-state index contributed by atoms with van der Waals surface area (Å²) >= 11 is 4.44. The molecule has 0 spiro atoms. The van der Waals surface area contributed by atoms with Crippen molar-refractivity contribution in [3.05, 3.63) is 45.9 Å². The van der Waals surface area contributed by atoms with Crippen LogP contribution in [0.15, 0.2) is 18.6 Å². The van der Waals surface area contributed by atoms with E-state index in [1.807, 2.05) is 13.8 Å². The van der Waals surface area contributed by atoms with Gasteiger partial charge in [-0.05, 0) is 18.8 Å². The molecule has 0 N–H and O–H groups in total. The third-order valence-electron chi connectivity index (χ3n) is 2.69. The molecule has 0 aliphatic rings. The summed E-state index contributed by atoms with van der Waals surface area (Å²) in [6, 6.07) is 0. The number of rotatable bonds is 4. The van der Waals surface area contributed by atoms with Gasteiger partial charge in [-0.3, -0.25) is 9.97 Å². The average molecular weight is 279 g/mol. The van der Waals surface area contributed by atoms with Crippen molar-refractivity contribution in [1.82, 2.24) is 19.5 Å². The molecule has 100 valence electrons. The van der Waals surface area contributed by atoms with E-state index in [2.05, 4.69) is 27.6 Å². The van der Waals surface area contributed by atoms with Crippen LogP contribution in [0, 0.1) is 17.0 Å². The van der Waals surface area contributed by atoms with Gasteiger partial charge in [0.2, 0.25) is 5.82 Å². The predicted molar refractivity (Wildman–Crippen MR) is 72.2 cm³/mol. The van der Waals surface area contributed by atoms with Gasteiger partial charge in [-0.1, -0.05) is 0 Å². The molecular weight excluding hydrogens is 266 g/mol. The van der Waals surface area contributed by atoms with E-state index in [1.54, 1.807) is 12.4 Å². The molecule has 8 heteroatoms. The number of hydrogen-bond acceptors (Lipinski definition) is 6. The second kappa shape index (κ2) is 5.35. The van der Waals surface area contributed by atoms with Gasteiger partial charge in [-0.25, -0.2) is 9.55 Å². The second-order valence-corrected chi connectivity index (χ2v) is 4.48. The maximum Gasteiger partial charge on any atom is 0.342 e. The lowest BCUT2D eigenvalue weighted by Gasteiger charge is -2.08. The molecule has 1 unspecified atom stereocenters. The molecule has 0 saturated carbocycles. The van der Waals surface area contributed by atoms with Crippen LogP contribution in [-0.4, -0.2) is 24.4 Å². The number of nitrogens with zero attached hydrogens (tertiary/aromatic N) is 5. The van der Waals surface area contributed by atoms with Crippen LogP contribution in [0.1, 0.15) is 29.4 Å². The normalized spacial score (nSPS) is 12.4. The minimum absolute atomic E-state index is 0.0448. The van der Waals surface area contributed by atoms with E-state index < -0.39 is 10.2 Å². The van der Waals surface area contributed by atoms with Crippen LogP contribution in [0.25, 0.3) is 0 Å². The number of imidazole rings is 1. The van der Waals surface area contributed by atoms with Crippen LogP contribution < -0.4 is 0 Å². The van der Waals surface area contributed by atoms with Crippen molar-refractivity contribution in [3.8, 4) is 0 Å². The predicted octanol–water partition coefficient (Wildman–Crippen LogP) is 1.93. The van der Waals surface area contributed by atoms with Crippen molar-refractivity contribution in [1.29, 1.82) is 0 Å². The van der Waals surface area contributed by atoms with Crippen LogP contribution >= 0.6 is 12.6 Å².